The molecule has 0 spiro atoms. The Bertz CT molecular complexity index is 511. The summed E-state index contributed by atoms with van der Waals surface area (Å²) in [5, 5.41) is 12.6. The minimum atomic E-state index is -0.188. The molecule has 1 saturated carbocycles. The number of benzene rings is 1. The van der Waals surface area contributed by atoms with E-state index in [2.05, 4.69) is 11.4 Å². The molecule has 0 aliphatic heterocycles. The van der Waals surface area contributed by atoms with Crippen LogP contribution in [-0.4, -0.2) is 11.9 Å². The number of nitrogens with two attached hydrogens (primary N) is 1. The molecule has 0 unspecified atom stereocenters. The van der Waals surface area contributed by atoms with Gasteiger partial charge in [-0.15, -0.1) is 0 Å². The van der Waals surface area contributed by atoms with Gasteiger partial charge in [-0.05, 0) is 44.2 Å². The number of nitriles is 1. The van der Waals surface area contributed by atoms with Gasteiger partial charge < -0.3 is 11.1 Å². The predicted octanol–water partition coefficient (Wildman–Crippen LogP) is 2.32. The van der Waals surface area contributed by atoms with E-state index < -0.39 is 0 Å². The second kappa shape index (κ2) is 5.75. The van der Waals surface area contributed by atoms with Crippen LogP contribution >= 0.6 is 0 Å². The zero-order valence-electron chi connectivity index (χ0n) is 11.1. The van der Waals surface area contributed by atoms with Crippen molar-refractivity contribution in [2.75, 3.05) is 5.32 Å². The maximum Gasteiger partial charge on any atom is 0.220 e. The van der Waals surface area contributed by atoms with Crippen molar-refractivity contribution in [2.45, 2.75) is 38.6 Å². The standard InChI is InChI=1S/C15H19N3O/c1-10-3-2-4-12(9-16)14(10)18-13-7-5-11(6-8-13)15(17)19/h2-4,11,13,18H,5-8H2,1H3,(H2,17,19). The number of hydrogen-bond acceptors (Lipinski definition) is 3. The molecule has 3 N–H and O–H groups in total. The van der Waals surface area contributed by atoms with Gasteiger partial charge in [0.05, 0.1) is 11.3 Å². The zero-order valence-corrected chi connectivity index (χ0v) is 11.1. The molecule has 0 saturated heterocycles. The topological polar surface area (TPSA) is 78.9 Å². The monoisotopic (exact) mass is 257 g/mol. The number of hydrogen-bond donors (Lipinski definition) is 2. The predicted molar refractivity (Wildman–Crippen MR) is 74.5 cm³/mol. The highest BCUT2D eigenvalue weighted by Gasteiger charge is 2.25. The molecule has 0 aromatic heterocycles. The highest BCUT2D eigenvalue weighted by molar-refractivity contribution is 5.76. The van der Waals surface area contributed by atoms with E-state index in [4.69, 9.17) is 11.0 Å². The first kappa shape index (κ1) is 13.4. The highest BCUT2D eigenvalue weighted by atomic mass is 16.1. The minimum Gasteiger partial charge on any atom is -0.381 e. The van der Waals surface area contributed by atoms with Crippen LogP contribution in [0.3, 0.4) is 0 Å². The summed E-state index contributed by atoms with van der Waals surface area (Å²) in [5.74, 6) is -0.169. The van der Waals surface area contributed by atoms with Crippen LogP contribution in [0.1, 0.15) is 36.8 Å². The Morgan fingerprint density at radius 3 is 2.63 bits per heavy atom. The Kier molecular flexibility index (Phi) is 4.06. The Morgan fingerprint density at radius 1 is 1.37 bits per heavy atom. The summed E-state index contributed by atoms with van der Waals surface area (Å²) in [5.41, 5.74) is 8.01. The summed E-state index contributed by atoms with van der Waals surface area (Å²) in [6.07, 6.45) is 3.52. The van der Waals surface area contributed by atoms with Gasteiger partial charge in [-0.1, -0.05) is 12.1 Å². The van der Waals surface area contributed by atoms with Crippen LogP contribution in [0.25, 0.3) is 0 Å². The first-order valence-electron chi connectivity index (χ1n) is 6.67. The number of anilines is 1. The maximum atomic E-state index is 11.1. The second-order valence-electron chi connectivity index (χ2n) is 5.20. The van der Waals surface area contributed by atoms with Gasteiger partial charge in [0.2, 0.25) is 5.91 Å². The number of amides is 1. The fourth-order valence-corrected chi connectivity index (χ4v) is 2.68. The molecule has 1 aliphatic rings. The van der Waals surface area contributed by atoms with E-state index in [-0.39, 0.29) is 11.8 Å². The molecule has 1 aromatic carbocycles. The summed E-state index contributed by atoms with van der Waals surface area (Å²) in [6, 6.07) is 8.25. The number of nitrogens with zero attached hydrogens (tertiary/aromatic N) is 1. The molecule has 4 nitrogen and oxygen atoms in total. The van der Waals surface area contributed by atoms with Gasteiger partial charge >= 0.3 is 0 Å². The Hall–Kier alpha value is -2.02. The SMILES string of the molecule is Cc1cccc(C#N)c1NC1CCC(C(N)=O)CC1. The van der Waals surface area contributed by atoms with Gasteiger partial charge in [0.25, 0.3) is 0 Å². The number of nitrogens with one attached hydrogen (secondary N) is 1. The average Bonchev–Trinajstić information content (AvgIpc) is 2.41. The van der Waals surface area contributed by atoms with Crippen LogP contribution < -0.4 is 11.1 Å². The third-order valence-corrected chi connectivity index (χ3v) is 3.87. The lowest BCUT2D eigenvalue weighted by Crippen LogP contribution is -2.32. The molecule has 0 radical (unpaired) electrons. The van der Waals surface area contributed by atoms with E-state index in [1.54, 1.807) is 0 Å². The van der Waals surface area contributed by atoms with Crippen molar-refractivity contribution >= 4 is 11.6 Å². The fourth-order valence-electron chi connectivity index (χ4n) is 2.68. The summed E-state index contributed by atoms with van der Waals surface area (Å²) in [6.45, 7) is 2.00. The molecular weight excluding hydrogens is 238 g/mol. The van der Waals surface area contributed by atoms with Crippen molar-refractivity contribution in [1.29, 1.82) is 5.26 Å². The summed E-state index contributed by atoms with van der Waals surface area (Å²) < 4.78 is 0. The summed E-state index contributed by atoms with van der Waals surface area (Å²) in [4.78, 5) is 11.1. The first-order valence-corrected chi connectivity index (χ1v) is 6.67. The van der Waals surface area contributed by atoms with Gasteiger partial charge in [-0.2, -0.15) is 5.26 Å². The molecule has 1 amide bonds. The van der Waals surface area contributed by atoms with Crippen molar-refractivity contribution < 1.29 is 4.79 Å². The fraction of sp³-hybridized carbons (Fsp3) is 0.467. The third kappa shape index (κ3) is 3.05. The van der Waals surface area contributed by atoms with Crippen LogP contribution in [0.5, 0.6) is 0 Å². The average molecular weight is 257 g/mol. The van der Waals surface area contributed by atoms with Gasteiger partial charge in [-0.3, -0.25) is 4.79 Å². The normalized spacial score (nSPS) is 22.5. The van der Waals surface area contributed by atoms with E-state index in [0.717, 1.165) is 36.9 Å². The van der Waals surface area contributed by atoms with Gasteiger partial charge in [-0.25, -0.2) is 0 Å². The van der Waals surface area contributed by atoms with Crippen molar-refractivity contribution in [2.24, 2.45) is 11.7 Å². The quantitative estimate of drug-likeness (QED) is 0.872. The van der Waals surface area contributed by atoms with Gasteiger partial charge in [0.1, 0.15) is 6.07 Å². The molecule has 0 bridgehead atoms. The molecule has 0 atom stereocenters. The van der Waals surface area contributed by atoms with E-state index >= 15 is 0 Å². The van der Waals surface area contributed by atoms with E-state index in [9.17, 15) is 4.79 Å². The molecule has 2 rings (SSSR count). The Labute approximate surface area is 113 Å². The maximum absolute atomic E-state index is 11.1. The number of rotatable bonds is 3. The van der Waals surface area contributed by atoms with Crippen LogP contribution in [0.2, 0.25) is 0 Å². The smallest absolute Gasteiger partial charge is 0.220 e. The number of aryl methyl sites for hydroxylation is 1. The molecule has 1 fully saturated rings. The van der Waals surface area contributed by atoms with Gasteiger partial charge in [0, 0.05) is 12.0 Å². The number of carbonyl (C=O) groups is 1. The van der Waals surface area contributed by atoms with E-state index in [1.165, 1.54) is 0 Å². The second-order valence-corrected chi connectivity index (χ2v) is 5.20. The molecule has 1 aliphatic carbocycles. The minimum absolute atomic E-state index is 0.0188. The van der Waals surface area contributed by atoms with E-state index in [0.29, 0.717) is 11.6 Å². The lowest BCUT2D eigenvalue weighted by atomic mass is 9.85. The van der Waals surface area contributed by atoms with Crippen LogP contribution in [0.15, 0.2) is 18.2 Å². The van der Waals surface area contributed by atoms with E-state index in [1.807, 2.05) is 25.1 Å². The van der Waals surface area contributed by atoms with Crippen molar-refractivity contribution in [3.05, 3.63) is 29.3 Å². The van der Waals surface area contributed by atoms with Crippen LogP contribution in [0, 0.1) is 24.2 Å². The van der Waals surface area contributed by atoms with Crippen LogP contribution in [0.4, 0.5) is 5.69 Å². The van der Waals surface area contributed by atoms with Gasteiger partial charge in [0.15, 0.2) is 0 Å². The van der Waals surface area contributed by atoms with Crippen molar-refractivity contribution in [3.63, 3.8) is 0 Å². The molecule has 4 heteroatoms. The lowest BCUT2D eigenvalue weighted by Gasteiger charge is -2.29. The van der Waals surface area contributed by atoms with Crippen molar-refractivity contribution in [3.8, 4) is 6.07 Å². The lowest BCUT2D eigenvalue weighted by molar-refractivity contribution is -0.122. The number of para-hydroxylation sites is 1. The molecule has 100 valence electrons. The largest absolute Gasteiger partial charge is 0.381 e. The number of carbonyl (C=O) groups excluding carboxylic acids is 1. The zero-order chi connectivity index (χ0) is 13.8. The Balaban J connectivity index is 2.04. The summed E-state index contributed by atoms with van der Waals surface area (Å²) in [7, 11) is 0. The van der Waals surface area contributed by atoms with Crippen molar-refractivity contribution in [1.82, 2.24) is 0 Å². The summed E-state index contributed by atoms with van der Waals surface area (Å²) >= 11 is 0. The molecule has 19 heavy (non-hydrogen) atoms. The third-order valence-electron chi connectivity index (χ3n) is 3.87. The molecular formula is C15H19N3O. The molecule has 1 aromatic rings. The van der Waals surface area contributed by atoms with Crippen LogP contribution in [-0.2, 0) is 4.79 Å². The first-order chi connectivity index (χ1) is 9.11. The Morgan fingerprint density at radius 2 is 2.05 bits per heavy atom. The number of primary amides is 1. The highest BCUT2D eigenvalue weighted by Crippen LogP contribution is 2.28. The molecule has 0 heterocycles.